The van der Waals surface area contributed by atoms with E-state index in [4.69, 9.17) is 10.5 Å². The molecule has 0 radical (unpaired) electrons. The monoisotopic (exact) mass is 378 g/mol. The molecular formula is C16H22N6O5. The molecule has 1 aromatic rings. The molecule has 2 saturated heterocycles. The van der Waals surface area contributed by atoms with E-state index in [2.05, 4.69) is 20.6 Å². The Kier molecular flexibility index (Phi) is 5.69. The Labute approximate surface area is 155 Å². The highest BCUT2D eigenvalue weighted by Crippen LogP contribution is 2.19. The molecule has 0 aliphatic carbocycles. The van der Waals surface area contributed by atoms with Crippen LogP contribution in [-0.2, 0) is 30.3 Å². The molecule has 11 nitrogen and oxygen atoms in total. The number of hydrogen-bond acceptors (Lipinski definition) is 6. The van der Waals surface area contributed by atoms with Crippen molar-refractivity contribution in [1.29, 1.82) is 0 Å². The van der Waals surface area contributed by atoms with Gasteiger partial charge in [0.05, 0.1) is 18.6 Å². The van der Waals surface area contributed by atoms with Gasteiger partial charge in [0.25, 0.3) is 0 Å². The molecule has 1 unspecified atom stereocenters. The number of aromatic nitrogens is 2. The van der Waals surface area contributed by atoms with Crippen molar-refractivity contribution >= 4 is 23.6 Å². The molecule has 1 aromatic heterocycles. The second-order valence-corrected chi connectivity index (χ2v) is 6.55. The van der Waals surface area contributed by atoms with Crippen LogP contribution in [0.2, 0.25) is 0 Å². The number of hydrogen-bond donors (Lipinski definition) is 4. The lowest BCUT2D eigenvalue weighted by atomic mass is 10.1. The minimum Gasteiger partial charge on any atom is -0.369 e. The van der Waals surface area contributed by atoms with Gasteiger partial charge in [0.1, 0.15) is 24.7 Å². The first-order chi connectivity index (χ1) is 13.0. The molecule has 0 aromatic carbocycles. The minimum atomic E-state index is -0.945. The van der Waals surface area contributed by atoms with Crippen molar-refractivity contribution in [3.63, 3.8) is 0 Å². The number of likely N-dealkylation sites (tertiary alicyclic amines) is 1. The molecule has 4 amide bonds. The number of H-pyrrole nitrogens is 1. The quantitative estimate of drug-likeness (QED) is 0.426. The van der Waals surface area contributed by atoms with E-state index in [-0.39, 0.29) is 19.6 Å². The summed E-state index contributed by atoms with van der Waals surface area (Å²) in [6.07, 6.45) is 4.38. The maximum atomic E-state index is 13.0. The number of carbonyl (C=O) groups is 4. The first-order valence-electron chi connectivity index (χ1n) is 8.70. The van der Waals surface area contributed by atoms with Gasteiger partial charge in [-0.3, -0.25) is 19.2 Å². The first kappa shape index (κ1) is 18.8. The number of nitrogens with zero attached hydrogens (tertiary/aromatic N) is 2. The zero-order valence-electron chi connectivity index (χ0n) is 14.6. The predicted molar refractivity (Wildman–Crippen MR) is 90.9 cm³/mol. The van der Waals surface area contributed by atoms with Crippen LogP contribution in [0.1, 0.15) is 18.5 Å². The van der Waals surface area contributed by atoms with E-state index in [1.807, 2.05) is 0 Å². The average Bonchev–Trinajstić information content (AvgIpc) is 3.32. The number of primary amides is 1. The minimum absolute atomic E-state index is 0.0223. The highest BCUT2D eigenvalue weighted by atomic mass is 16.5. The van der Waals surface area contributed by atoms with E-state index in [9.17, 15) is 19.2 Å². The Bertz CT molecular complexity index is 721. The number of aromatic amines is 1. The van der Waals surface area contributed by atoms with E-state index >= 15 is 0 Å². The van der Waals surface area contributed by atoms with Crippen LogP contribution in [0.25, 0.3) is 0 Å². The summed E-state index contributed by atoms with van der Waals surface area (Å²) in [6, 6.07) is -2.51. The van der Waals surface area contributed by atoms with Gasteiger partial charge in [0.15, 0.2) is 0 Å². The third-order valence-electron chi connectivity index (χ3n) is 4.62. The normalized spacial score (nSPS) is 23.6. The third-order valence-corrected chi connectivity index (χ3v) is 4.62. The Morgan fingerprint density at radius 2 is 2.26 bits per heavy atom. The van der Waals surface area contributed by atoms with Crippen LogP contribution < -0.4 is 16.4 Å². The number of rotatable bonds is 6. The van der Waals surface area contributed by atoms with Crippen LogP contribution >= 0.6 is 0 Å². The second kappa shape index (κ2) is 8.16. The lowest BCUT2D eigenvalue weighted by Crippen LogP contribution is -2.59. The number of nitrogens with one attached hydrogen (secondary N) is 3. The van der Waals surface area contributed by atoms with Gasteiger partial charge >= 0.3 is 0 Å². The fourth-order valence-corrected chi connectivity index (χ4v) is 3.30. The Hall–Kier alpha value is -2.95. The summed E-state index contributed by atoms with van der Waals surface area (Å²) in [5, 5.41) is 5.17. The van der Waals surface area contributed by atoms with Crippen LogP contribution in [-0.4, -0.2) is 76.4 Å². The fraction of sp³-hybridized carbons (Fsp3) is 0.562. The number of imidazole rings is 1. The topological polar surface area (TPSA) is 160 Å². The molecule has 2 aliphatic rings. The molecule has 3 heterocycles. The standard InChI is InChI=1S/C16H22N6O5/c17-14(24)12-2-1-3-22(12)16(26)10(4-9-5-18-8-19-9)21-15(25)11-6-27-7-13(23)20-11/h5,8,10-12H,1-4,6-7H2,(H2,17,24)(H,18,19)(H,20,23)(H,21,25)/t10-,11?,12-/m0/s1. The maximum absolute atomic E-state index is 13.0. The smallest absolute Gasteiger partial charge is 0.246 e. The molecule has 0 bridgehead atoms. The maximum Gasteiger partial charge on any atom is 0.246 e. The van der Waals surface area contributed by atoms with Gasteiger partial charge in [0, 0.05) is 19.2 Å². The first-order valence-corrected chi connectivity index (χ1v) is 8.70. The molecule has 3 atom stereocenters. The lowest BCUT2D eigenvalue weighted by molar-refractivity contribution is -0.143. The van der Waals surface area contributed by atoms with Crippen LogP contribution in [0.5, 0.6) is 0 Å². The van der Waals surface area contributed by atoms with Gasteiger partial charge in [0.2, 0.25) is 23.6 Å². The van der Waals surface area contributed by atoms with Crippen molar-refractivity contribution < 1.29 is 23.9 Å². The van der Waals surface area contributed by atoms with E-state index in [0.717, 1.165) is 0 Å². The van der Waals surface area contributed by atoms with Crippen LogP contribution in [0.4, 0.5) is 0 Å². The molecule has 3 rings (SSSR count). The van der Waals surface area contributed by atoms with Gasteiger partial charge in [-0.2, -0.15) is 0 Å². The molecular weight excluding hydrogens is 356 g/mol. The summed E-state index contributed by atoms with van der Waals surface area (Å²) in [4.78, 5) is 56.9. The van der Waals surface area contributed by atoms with Crippen LogP contribution in [0, 0.1) is 0 Å². The molecule has 0 saturated carbocycles. The zero-order valence-corrected chi connectivity index (χ0v) is 14.6. The van der Waals surface area contributed by atoms with Gasteiger partial charge in [-0.1, -0.05) is 0 Å². The SMILES string of the molecule is NC(=O)[C@@H]1CCCN1C(=O)[C@H](Cc1c[nH]cn1)NC(=O)C1COCC(=O)N1. The van der Waals surface area contributed by atoms with E-state index < -0.39 is 41.8 Å². The third kappa shape index (κ3) is 4.42. The zero-order chi connectivity index (χ0) is 19.4. The lowest BCUT2D eigenvalue weighted by Gasteiger charge is -2.29. The number of carbonyl (C=O) groups excluding carboxylic acids is 4. The van der Waals surface area contributed by atoms with Crippen molar-refractivity contribution in [3.05, 3.63) is 18.2 Å². The van der Waals surface area contributed by atoms with Crippen molar-refractivity contribution in [1.82, 2.24) is 25.5 Å². The molecule has 2 aliphatic heterocycles. The summed E-state index contributed by atoms with van der Waals surface area (Å²) >= 11 is 0. The van der Waals surface area contributed by atoms with Gasteiger partial charge in [-0.25, -0.2) is 4.98 Å². The summed E-state index contributed by atoms with van der Waals surface area (Å²) in [7, 11) is 0. The number of morpholine rings is 1. The number of amides is 4. The Balaban J connectivity index is 1.74. The highest BCUT2D eigenvalue weighted by molar-refractivity contribution is 5.94. The average molecular weight is 378 g/mol. The number of nitrogens with two attached hydrogens (primary N) is 1. The van der Waals surface area contributed by atoms with Gasteiger partial charge in [-0.05, 0) is 12.8 Å². The molecule has 5 N–H and O–H groups in total. The fourth-order valence-electron chi connectivity index (χ4n) is 3.30. The van der Waals surface area contributed by atoms with Crippen molar-refractivity contribution in [2.24, 2.45) is 5.73 Å². The summed E-state index contributed by atoms with van der Waals surface area (Å²) in [6.45, 7) is 0.310. The number of ether oxygens (including phenoxy) is 1. The Morgan fingerprint density at radius 3 is 2.93 bits per heavy atom. The van der Waals surface area contributed by atoms with Gasteiger partial charge in [-0.15, -0.1) is 0 Å². The van der Waals surface area contributed by atoms with Gasteiger partial charge < -0.3 is 31.0 Å². The van der Waals surface area contributed by atoms with E-state index in [1.165, 1.54) is 11.2 Å². The highest BCUT2D eigenvalue weighted by Gasteiger charge is 2.38. The van der Waals surface area contributed by atoms with Crippen LogP contribution in [0.15, 0.2) is 12.5 Å². The van der Waals surface area contributed by atoms with Crippen molar-refractivity contribution in [2.75, 3.05) is 19.8 Å². The van der Waals surface area contributed by atoms with E-state index in [1.54, 1.807) is 6.20 Å². The molecule has 2 fully saturated rings. The Morgan fingerprint density at radius 1 is 1.44 bits per heavy atom. The summed E-state index contributed by atoms with van der Waals surface area (Å²) in [5.74, 6) is -1.91. The molecule has 11 heteroatoms. The summed E-state index contributed by atoms with van der Waals surface area (Å²) < 4.78 is 5.06. The molecule has 146 valence electrons. The predicted octanol–water partition coefficient (Wildman–Crippen LogP) is -2.57. The molecule has 0 spiro atoms. The van der Waals surface area contributed by atoms with E-state index in [0.29, 0.717) is 25.1 Å². The van der Waals surface area contributed by atoms with Crippen molar-refractivity contribution in [2.45, 2.75) is 37.4 Å². The summed E-state index contributed by atoms with van der Waals surface area (Å²) in [5.41, 5.74) is 5.97. The second-order valence-electron chi connectivity index (χ2n) is 6.55. The largest absolute Gasteiger partial charge is 0.369 e. The van der Waals surface area contributed by atoms with Crippen LogP contribution in [0.3, 0.4) is 0 Å². The van der Waals surface area contributed by atoms with Crippen molar-refractivity contribution in [3.8, 4) is 0 Å². The molecule has 27 heavy (non-hydrogen) atoms.